The Balaban J connectivity index is 2.03. The maximum Gasteiger partial charge on any atom is 0.269 e. The second-order valence-electron chi connectivity index (χ2n) is 4.50. The average Bonchev–Trinajstić information content (AvgIpc) is 2.53. The van der Waals surface area contributed by atoms with Crippen LogP contribution in [0.5, 0.6) is 11.5 Å². The van der Waals surface area contributed by atoms with Gasteiger partial charge in [0.2, 0.25) is 0 Å². The van der Waals surface area contributed by atoms with Crippen LogP contribution in [0.4, 0.5) is 5.69 Å². The second-order valence-corrected chi connectivity index (χ2v) is 4.50. The molecule has 0 aromatic heterocycles. The standard InChI is InChI=1S/C17H15NO4/c1-22-17-12-14(8-11-16(17)19)5-3-2-4-13-6-9-15(10-7-13)18(20)21/h2-12,19H,1H3/b4-2+,5-3+. The van der Waals surface area contributed by atoms with Crippen molar-refractivity contribution in [2.45, 2.75) is 0 Å². The van der Waals surface area contributed by atoms with Crippen LogP contribution in [0.2, 0.25) is 0 Å². The first-order chi connectivity index (χ1) is 10.6. The fourth-order valence-electron chi connectivity index (χ4n) is 1.84. The zero-order chi connectivity index (χ0) is 15.9. The van der Waals surface area contributed by atoms with Crippen LogP contribution >= 0.6 is 0 Å². The van der Waals surface area contributed by atoms with Crippen LogP contribution in [0.15, 0.2) is 54.6 Å². The number of ether oxygens (including phenoxy) is 1. The fraction of sp³-hybridized carbons (Fsp3) is 0.0588. The van der Waals surface area contributed by atoms with Crippen molar-refractivity contribution >= 4 is 17.8 Å². The highest BCUT2D eigenvalue weighted by Crippen LogP contribution is 2.26. The third-order valence-electron chi connectivity index (χ3n) is 3.00. The van der Waals surface area contributed by atoms with Gasteiger partial charge in [-0.1, -0.05) is 30.4 Å². The van der Waals surface area contributed by atoms with E-state index >= 15 is 0 Å². The molecule has 0 heterocycles. The first kappa shape index (κ1) is 15.3. The molecule has 0 radical (unpaired) electrons. The Morgan fingerprint density at radius 2 is 1.64 bits per heavy atom. The van der Waals surface area contributed by atoms with Crippen molar-refractivity contribution in [1.29, 1.82) is 0 Å². The van der Waals surface area contributed by atoms with Crippen LogP contribution in [0.1, 0.15) is 11.1 Å². The summed E-state index contributed by atoms with van der Waals surface area (Å²) in [5.74, 6) is 0.516. The van der Waals surface area contributed by atoms with Gasteiger partial charge in [-0.15, -0.1) is 0 Å². The van der Waals surface area contributed by atoms with E-state index in [0.29, 0.717) is 5.75 Å². The molecule has 2 aromatic carbocycles. The van der Waals surface area contributed by atoms with Gasteiger partial charge in [0.15, 0.2) is 11.5 Å². The van der Waals surface area contributed by atoms with Gasteiger partial charge in [0.25, 0.3) is 5.69 Å². The van der Waals surface area contributed by atoms with Gasteiger partial charge in [0, 0.05) is 12.1 Å². The predicted octanol–water partition coefficient (Wildman–Crippen LogP) is 4.04. The molecule has 0 unspecified atom stereocenters. The lowest BCUT2D eigenvalue weighted by atomic mass is 10.1. The number of allylic oxidation sites excluding steroid dienone is 2. The summed E-state index contributed by atoms with van der Waals surface area (Å²) < 4.78 is 5.03. The van der Waals surface area contributed by atoms with Gasteiger partial charge >= 0.3 is 0 Å². The number of nitro groups is 1. The third kappa shape index (κ3) is 3.96. The van der Waals surface area contributed by atoms with Crippen molar-refractivity contribution in [2.24, 2.45) is 0 Å². The first-order valence-electron chi connectivity index (χ1n) is 6.56. The monoisotopic (exact) mass is 297 g/mol. The van der Waals surface area contributed by atoms with Crippen LogP contribution in [0, 0.1) is 10.1 Å². The molecule has 0 aliphatic heterocycles. The molecule has 2 aromatic rings. The number of phenols is 1. The second kappa shape index (κ2) is 7.08. The largest absolute Gasteiger partial charge is 0.504 e. The van der Waals surface area contributed by atoms with Gasteiger partial charge in [-0.3, -0.25) is 10.1 Å². The molecular weight excluding hydrogens is 282 g/mol. The Morgan fingerprint density at radius 3 is 2.23 bits per heavy atom. The zero-order valence-corrected chi connectivity index (χ0v) is 12.0. The number of nitrogens with zero attached hydrogens (tertiary/aromatic N) is 1. The number of rotatable bonds is 5. The number of nitro benzene ring substituents is 1. The molecule has 1 N–H and O–H groups in total. The molecule has 0 atom stereocenters. The normalized spacial score (nSPS) is 11.1. The maximum atomic E-state index is 10.6. The van der Waals surface area contributed by atoms with E-state index in [4.69, 9.17) is 4.74 Å². The summed E-state index contributed by atoms with van der Waals surface area (Å²) in [6.45, 7) is 0. The Labute approximate surface area is 127 Å². The van der Waals surface area contributed by atoms with Crippen molar-refractivity contribution in [3.63, 3.8) is 0 Å². The minimum atomic E-state index is -0.425. The van der Waals surface area contributed by atoms with Gasteiger partial charge < -0.3 is 9.84 Å². The van der Waals surface area contributed by atoms with Crippen molar-refractivity contribution in [3.8, 4) is 11.5 Å². The predicted molar refractivity (Wildman–Crippen MR) is 85.8 cm³/mol. The molecule has 22 heavy (non-hydrogen) atoms. The number of hydrogen-bond donors (Lipinski definition) is 1. The molecular formula is C17H15NO4. The topological polar surface area (TPSA) is 72.6 Å². The van der Waals surface area contributed by atoms with Gasteiger partial charge in [-0.2, -0.15) is 0 Å². The number of aromatic hydroxyl groups is 1. The summed E-state index contributed by atoms with van der Waals surface area (Å²) in [7, 11) is 1.50. The molecule has 0 aliphatic rings. The summed E-state index contributed by atoms with van der Waals surface area (Å²) in [6, 6.07) is 11.4. The Morgan fingerprint density at radius 1 is 1.05 bits per heavy atom. The van der Waals surface area contributed by atoms with Crippen molar-refractivity contribution in [3.05, 3.63) is 75.9 Å². The van der Waals surface area contributed by atoms with Crippen LogP contribution in [0.25, 0.3) is 12.2 Å². The third-order valence-corrected chi connectivity index (χ3v) is 3.00. The Hall–Kier alpha value is -3.08. The molecule has 0 fully saturated rings. The minimum Gasteiger partial charge on any atom is -0.504 e. The van der Waals surface area contributed by atoms with E-state index in [9.17, 15) is 15.2 Å². The molecule has 0 amide bonds. The number of hydrogen-bond acceptors (Lipinski definition) is 4. The van der Waals surface area contributed by atoms with Gasteiger partial charge in [0.05, 0.1) is 12.0 Å². The number of methoxy groups -OCH3 is 1. The van der Waals surface area contributed by atoms with Gasteiger partial charge in [-0.25, -0.2) is 0 Å². The molecule has 0 saturated carbocycles. The molecule has 5 heteroatoms. The van der Waals surface area contributed by atoms with E-state index < -0.39 is 4.92 Å². The highest BCUT2D eigenvalue weighted by molar-refractivity contribution is 5.60. The smallest absolute Gasteiger partial charge is 0.269 e. The van der Waals surface area contributed by atoms with Crippen LogP contribution in [-0.2, 0) is 0 Å². The number of non-ortho nitro benzene ring substituents is 1. The summed E-state index contributed by atoms with van der Waals surface area (Å²) in [6.07, 6.45) is 7.38. The van der Waals surface area contributed by atoms with E-state index in [0.717, 1.165) is 11.1 Å². The van der Waals surface area contributed by atoms with Gasteiger partial charge in [0.1, 0.15) is 0 Å². The lowest BCUT2D eigenvalue weighted by Crippen LogP contribution is -1.86. The van der Waals surface area contributed by atoms with E-state index in [1.54, 1.807) is 30.3 Å². The molecule has 112 valence electrons. The lowest BCUT2D eigenvalue weighted by molar-refractivity contribution is -0.384. The molecule has 2 rings (SSSR count). The van der Waals surface area contributed by atoms with E-state index in [2.05, 4.69) is 0 Å². The molecule has 0 spiro atoms. The highest BCUT2D eigenvalue weighted by atomic mass is 16.6. The van der Waals surface area contributed by atoms with Crippen LogP contribution in [-0.4, -0.2) is 17.1 Å². The first-order valence-corrected chi connectivity index (χ1v) is 6.56. The molecule has 0 saturated heterocycles. The maximum absolute atomic E-state index is 10.6. The molecule has 5 nitrogen and oxygen atoms in total. The van der Waals surface area contributed by atoms with E-state index in [-0.39, 0.29) is 11.4 Å². The van der Waals surface area contributed by atoms with Gasteiger partial charge in [-0.05, 0) is 35.4 Å². The lowest BCUT2D eigenvalue weighted by Gasteiger charge is -2.03. The SMILES string of the molecule is COc1cc(/C=C/C=C/c2ccc([N+](=O)[O-])cc2)ccc1O. The summed E-state index contributed by atoms with van der Waals surface area (Å²) >= 11 is 0. The average molecular weight is 297 g/mol. The summed E-state index contributed by atoms with van der Waals surface area (Å²) in [4.78, 5) is 10.1. The fourth-order valence-corrected chi connectivity index (χ4v) is 1.84. The summed E-state index contributed by atoms with van der Waals surface area (Å²) in [5, 5.41) is 20.1. The Kier molecular flexibility index (Phi) is 4.93. The number of benzene rings is 2. The van der Waals surface area contributed by atoms with E-state index in [1.165, 1.54) is 19.2 Å². The van der Waals surface area contributed by atoms with E-state index in [1.807, 2.05) is 24.3 Å². The molecule has 0 bridgehead atoms. The van der Waals surface area contributed by atoms with Crippen molar-refractivity contribution < 1.29 is 14.8 Å². The number of phenolic OH excluding ortho intramolecular Hbond substituents is 1. The quantitative estimate of drug-likeness (QED) is 0.513. The Bertz CT molecular complexity index is 718. The zero-order valence-electron chi connectivity index (χ0n) is 12.0. The highest BCUT2D eigenvalue weighted by Gasteiger charge is 2.02. The van der Waals surface area contributed by atoms with Crippen molar-refractivity contribution in [1.82, 2.24) is 0 Å². The van der Waals surface area contributed by atoms with Crippen LogP contribution in [0.3, 0.4) is 0 Å². The van der Waals surface area contributed by atoms with Crippen molar-refractivity contribution in [2.75, 3.05) is 7.11 Å². The summed E-state index contributed by atoms with van der Waals surface area (Å²) in [5.41, 5.74) is 1.84. The molecule has 0 aliphatic carbocycles. The minimum absolute atomic E-state index is 0.0730. The van der Waals surface area contributed by atoms with Crippen LogP contribution < -0.4 is 4.74 Å².